The molecule has 1 aromatic rings. The Labute approximate surface area is 83.9 Å². The topological polar surface area (TPSA) is 26.3 Å². The Balaban J connectivity index is 2.22. The molecule has 0 aromatic heterocycles. The lowest BCUT2D eigenvalue weighted by Gasteiger charge is -2.06. The average Bonchev–Trinajstić information content (AvgIpc) is 2.97. The molecule has 0 radical (unpaired) electrons. The Hall–Kier alpha value is -1.31. The first kappa shape index (κ1) is 9.25. The maximum Gasteiger partial charge on any atom is 0.133 e. The summed E-state index contributed by atoms with van der Waals surface area (Å²) in [6.45, 7) is 1.67. The molecular formula is C12H14O2. The van der Waals surface area contributed by atoms with Gasteiger partial charge in [0.2, 0.25) is 0 Å². The molecule has 2 rings (SSSR count). The van der Waals surface area contributed by atoms with E-state index in [0.29, 0.717) is 11.7 Å². The summed E-state index contributed by atoms with van der Waals surface area (Å²) in [6, 6.07) is 7.94. The number of hydrogen-bond donors (Lipinski definition) is 0. The second-order valence-corrected chi connectivity index (χ2v) is 3.80. The highest BCUT2D eigenvalue weighted by molar-refractivity contribution is 5.82. The SMILES string of the molecule is COc1ccccc1[C@@H]1C[C@@H]1C(C)=O. The van der Waals surface area contributed by atoms with Crippen LogP contribution in [-0.4, -0.2) is 12.9 Å². The predicted molar refractivity (Wildman–Crippen MR) is 54.5 cm³/mol. The first-order valence-electron chi connectivity index (χ1n) is 4.87. The van der Waals surface area contributed by atoms with Gasteiger partial charge in [-0.15, -0.1) is 0 Å². The van der Waals surface area contributed by atoms with Gasteiger partial charge in [0, 0.05) is 5.92 Å². The molecule has 0 amide bonds. The molecule has 0 unspecified atom stereocenters. The Kier molecular flexibility index (Phi) is 2.28. The molecule has 0 N–H and O–H groups in total. The summed E-state index contributed by atoms with van der Waals surface area (Å²) >= 11 is 0. The summed E-state index contributed by atoms with van der Waals surface area (Å²) in [5.41, 5.74) is 1.18. The summed E-state index contributed by atoms with van der Waals surface area (Å²) in [6.07, 6.45) is 0.982. The Bertz CT molecular complexity index is 357. The zero-order valence-electron chi connectivity index (χ0n) is 8.49. The van der Waals surface area contributed by atoms with Crippen LogP contribution in [0.15, 0.2) is 24.3 Å². The van der Waals surface area contributed by atoms with Gasteiger partial charge in [-0.1, -0.05) is 18.2 Å². The van der Waals surface area contributed by atoms with E-state index >= 15 is 0 Å². The van der Waals surface area contributed by atoms with Crippen molar-refractivity contribution < 1.29 is 9.53 Å². The number of methoxy groups -OCH3 is 1. The number of carbonyl (C=O) groups excluding carboxylic acids is 1. The molecule has 2 nitrogen and oxygen atoms in total. The monoisotopic (exact) mass is 190 g/mol. The van der Waals surface area contributed by atoms with Crippen molar-refractivity contribution in [2.24, 2.45) is 5.92 Å². The van der Waals surface area contributed by atoms with Gasteiger partial charge >= 0.3 is 0 Å². The average molecular weight is 190 g/mol. The third kappa shape index (κ3) is 1.52. The molecule has 74 valence electrons. The molecule has 2 atom stereocenters. The normalized spacial score (nSPS) is 24.4. The number of para-hydroxylation sites is 1. The van der Waals surface area contributed by atoms with Crippen LogP contribution >= 0.6 is 0 Å². The minimum atomic E-state index is 0.228. The van der Waals surface area contributed by atoms with Crippen molar-refractivity contribution in [3.8, 4) is 5.75 Å². The number of ketones is 1. The van der Waals surface area contributed by atoms with Crippen LogP contribution in [-0.2, 0) is 4.79 Å². The maximum absolute atomic E-state index is 11.1. The molecule has 0 bridgehead atoms. The predicted octanol–water partition coefficient (Wildman–Crippen LogP) is 2.39. The number of rotatable bonds is 3. The third-order valence-corrected chi connectivity index (χ3v) is 2.85. The number of hydrogen-bond acceptors (Lipinski definition) is 2. The van der Waals surface area contributed by atoms with Crippen LogP contribution in [0.5, 0.6) is 5.75 Å². The van der Waals surface area contributed by atoms with Gasteiger partial charge in [0.05, 0.1) is 7.11 Å². The van der Waals surface area contributed by atoms with Crippen molar-refractivity contribution in [3.63, 3.8) is 0 Å². The lowest BCUT2D eigenvalue weighted by molar-refractivity contribution is -0.118. The fourth-order valence-electron chi connectivity index (χ4n) is 1.96. The molecule has 0 spiro atoms. The molecule has 0 aliphatic heterocycles. The number of ether oxygens (including phenoxy) is 1. The van der Waals surface area contributed by atoms with Gasteiger partial charge in [-0.2, -0.15) is 0 Å². The molecule has 0 heterocycles. The van der Waals surface area contributed by atoms with Crippen molar-refractivity contribution >= 4 is 5.78 Å². The molecule has 1 fully saturated rings. The van der Waals surface area contributed by atoms with Gasteiger partial charge in [0.1, 0.15) is 11.5 Å². The zero-order chi connectivity index (χ0) is 10.1. The highest BCUT2D eigenvalue weighted by Crippen LogP contribution is 2.50. The fourth-order valence-corrected chi connectivity index (χ4v) is 1.96. The standard InChI is InChI=1S/C12H14O2/c1-8(13)10-7-11(10)9-5-3-4-6-12(9)14-2/h3-6,10-11H,7H2,1-2H3/t10-,11+/m1/s1. The van der Waals surface area contributed by atoms with Crippen molar-refractivity contribution in [2.45, 2.75) is 19.3 Å². The van der Waals surface area contributed by atoms with Gasteiger partial charge in [0.15, 0.2) is 0 Å². The molecular weight excluding hydrogens is 176 g/mol. The van der Waals surface area contributed by atoms with E-state index in [1.807, 2.05) is 24.3 Å². The van der Waals surface area contributed by atoms with E-state index in [1.54, 1.807) is 14.0 Å². The van der Waals surface area contributed by atoms with Crippen LogP contribution in [0.2, 0.25) is 0 Å². The van der Waals surface area contributed by atoms with Crippen molar-refractivity contribution in [2.75, 3.05) is 7.11 Å². The number of Topliss-reactive ketones (excluding diaryl/α,β-unsaturated/α-hetero) is 1. The molecule has 1 aliphatic rings. The summed E-state index contributed by atoms with van der Waals surface area (Å²) < 4.78 is 5.26. The van der Waals surface area contributed by atoms with E-state index in [9.17, 15) is 4.79 Å². The van der Waals surface area contributed by atoms with Crippen molar-refractivity contribution in [1.29, 1.82) is 0 Å². The minimum absolute atomic E-state index is 0.228. The van der Waals surface area contributed by atoms with Crippen molar-refractivity contribution in [3.05, 3.63) is 29.8 Å². The van der Waals surface area contributed by atoms with Crippen LogP contribution < -0.4 is 4.74 Å². The van der Waals surface area contributed by atoms with E-state index in [4.69, 9.17) is 4.74 Å². The number of carbonyl (C=O) groups is 1. The fraction of sp³-hybridized carbons (Fsp3) is 0.417. The van der Waals surface area contributed by atoms with Gasteiger partial charge < -0.3 is 4.74 Å². The van der Waals surface area contributed by atoms with E-state index < -0.39 is 0 Å². The van der Waals surface area contributed by atoms with Gasteiger partial charge in [0.25, 0.3) is 0 Å². The summed E-state index contributed by atoms with van der Waals surface area (Å²) in [5.74, 6) is 1.82. The van der Waals surface area contributed by atoms with E-state index in [1.165, 1.54) is 5.56 Å². The van der Waals surface area contributed by atoms with Crippen LogP contribution in [0.1, 0.15) is 24.8 Å². The van der Waals surface area contributed by atoms with E-state index in [0.717, 1.165) is 12.2 Å². The Morgan fingerprint density at radius 2 is 2.14 bits per heavy atom. The highest BCUT2D eigenvalue weighted by atomic mass is 16.5. The molecule has 14 heavy (non-hydrogen) atoms. The van der Waals surface area contributed by atoms with Gasteiger partial charge in [-0.25, -0.2) is 0 Å². The molecule has 1 saturated carbocycles. The van der Waals surface area contributed by atoms with Crippen LogP contribution in [0.25, 0.3) is 0 Å². The Morgan fingerprint density at radius 3 is 2.71 bits per heavy atom. The van der Waals surface area contributed by atoms with Crippen LogP contribution in [0.4, 0.5) is 0 Å². The number of benzene rings is 1. The maximum atomic E-state index is 11.1. The van der Waals surface area contributed by atoms with Gasteiger partial charge in [-0.05, 0) is 30.9 Å². The van der Waals surface area contributed by atoms with E-state index in [2.05, 4.69) is 0 Å². The lowest BCUT2D eigenvalue weighted by atomic mass is 10.1. The molecule has 0 saturated heterocycles. The summed E-state index contributed by atoms with van der Waals surface area (Å²) in [5, 5.41) is 0. The van der Waals surface area contributed by atoms with Crippen LogP contribution in [0, 0.1) is 5.92 Å². The minimum Gasteiger partial charge on any atom is -0.496 e. The quantitative estimate of drug-likeness (QED) is 0.731. The zero-order valence-corrected chi connectivity index (χ0v) is 8.49. The molecule has 1 aromatic carbocycles. The second kappa shape index (κ2) is 3.45. The Morgan fingerprint density at radius 1 is 1.43 bits per heavy atom. The second-order valence-electron chi connectivity index (χ2n) is 3.80. The molecule has 2 heteroatoms. The summed E-state index contributed by atoms with van der Waals surface area (Å²) in [4.78, 5) is 11.1. The third-order valence-electron chi connectivity index (χ3n) is 2.85. The van der Waals surface area contributed by atoms with Gasteiger partial charge in [-0.3, -0.25) is 4.79 Å². The first-order valence-corrected chi connectivity index (χ1v) is 4.87. The van der Waals surface area contributed by atoms with Crippen molar-refractivity contribution in [1.82, 2.24) is 0 Å². The largest absolute Gasteiger partial charge is 0.496 e. The summed E-state index contributed by atoms with van der Waals surface area (Å²) in [7, 11) is 1.67. The first-order chi connectivity index (χ1) is 6.74. The molecule has 1 aliphatic carbocycles. The highest BCUT2D eigenvalue weighted by Gasteiger charge is 2.42. The van der Waals surface area contributed by atoms with Crippen LogP contribution in [0.3, 0.4) is 0 Å². The lowest BCUT2D eigenvalue weighted by Crippen LogP contribution is -1.96. The van der Waals surface area contributed by atoms with E-state index in [-0.39, 0.29) is 5.92 Å². The smallest absolute Gasteiger partial charge is 0.133 e.